The van der Waals surface area contributed by atoms with Crippen molar-refractivity contribution < 1.29 is 13.9 Å². The van der Waals surface area contributed by atoms with Gasteiger partial charge in [-0.1, -0.05) is 12.1 Å². The second kappa shape index (κ2) is 12.7. The van der Waals surface area contributed by atoms with Crippen molar-refractivity contribution in [2.24, 2.45) is 0 Å². The molecule has 0 saturated carbocycles. The van der Waals surface area contributed by atoms with Gasteiger partial charge in [-0.3, -0.25) is 24.8 Å². The van der Waals surface area contributed by atoms with Crippen molar-refractivity contribution in [3.63, 3.8) is 0 Å². The Balaban J connectivity index is 1.18. The number of aromatic nitrogens is 6. The molecule has 0 atom stereocenters. The minimum absolute atomic E-state index is 0.131. The van der Waals surface area contributed by atoms with Gasteiger partial charge in [0.05, 0.1) is 46.9 Å². The predicted molar refractivity (Wildman–Crippen MR) is 176 cm³/mol. The van der Waals surface area contributed by atoms with Gasteiger partial charge in [0.1, 0.15) is 23.9 Å². The average Bonchev–Trinajstić information content (AvgIpc) is 3.80. The Morgan fingerprint density at radius 1 is 1.04 bits per heavy atom. The Labute approximate surface area is 264 Å². The number of hydrogen-bond acceptors (Lipinski definition) is 8. The van der Waals surface area contributed by atoms with Crippen LogP contribution in [0.5, 0.6) is 5.75 Å². The van der Waals surface area contributed by atoms with Crippen molar-refractivity contribution in [1.82, 2.24) is 39.9 Å². The van der Waals surface area contributed by atoms with Crippen LogP contribution in [-0.4, -0.2) is 92.7 Å². The van der Waals surface area contributed by atoms with Gasteiger partial charge in [-0.25, -0.2) is 9.37 Å². The number of nitrogens with zero attached hydrogens (tertiary/aromatic N) is 6. The number of carbonyl (C=O) groups excluding carboxylic acids is 1. The predicted octanol–water partition coefficient (Wildman–Crippen LogP) is 5.34. The summed E-state index contributed by atoms with van der Waals surface area (Å²) in [6.45, 7) is 3.78. The van der Waals surface area contributed by atoms with Crippen LogP contribution in [0.3, 0.4) is 0 Å². The number of para-hydroxylation sites is 1. The van der Waals surface area contributed by atoms with E-state index < -0.39 is 0 Å². The quantitative estimate of drug-likeness (QED) is 0.187. The first kappa shape index (κ1) is 29.5. The van der Waals surface area contributed by atoms with E-state index in [9.17, 15) is 9.18 Å². The van der Waals surface area contributed by atoms with Crippen LogP contribution in [0, 0.1) is 5.82 Å². The lowest BCUT2D eigenvalue weighted by atomic mass is 10.0. The number of amides is 1. The lowest BCUT2D eigenvalue weighted by Gasteiger charge is -2.15. The van der Waals surface area contributed by atoms with Gasteiger partial charge < -0.3 is 19.9 Å². The summed E-state index contributed by atoms with van der Waals surface area (Å²) in [4.78, 5) is 33.7. The van der Waals surface area contributed by atoms with Crippen molar-refractivity contribution >= 4 is 33.5 Å². The molecule has 2 aromatic carbocycles. The molecule has 0 aliphatic carbocycles. The third-order valence-electron chi connectivity index (χ3n) is 8.02. The lowest BCUT2D eigenvalue weighted by molar-refractivity contribution is -0.116. The van der Waals surface area contributed by atoms with Crippen LogP contribution in [0.25, 0.3) is 55.8 Å². The van der Waals surface area contributed by atoms with Gasteiger partial charge in [-0.2, -0.15) is 5.10 Å². The molecule has 0 bridgehead atoms. The standard InChI is InChI=1S/C34H34FN9O2/c1-43(2)20-31(45)38-24-13-22(17-36-18-24)29-16-27-30(19-37-29)41-42-33(27)34-39-28-7-5-6-26(32(28)40-34)21-12-23(35)15-25(14-21)46-11-10-44-8-3-4-9-44/h5-7,12-19H,3-4,8-11,20H2,1-2H3,(H,38,45)(H,39,40)(H,41,42). The number of likely N-dealkylation sites (tertiary alicyclic amines) is 1. The van der Waals surface area contributed by atoms with E-state index in [0.717, 1.165) is 47.2 Å². The van der Waals surface area contributed by atoms with Crippen LogP contribution in [0.2, 0.25) is 0 Å². The summed E-state index contributed by atoms with van der Waals surface area (Å²) in [5.41, 5.74) is 6.31. The van der Waals surface area contributed by atoms with Gasteiger partial charge in [-0.15, -0.1) is 0 Å². The summed E-state index contributed by atoms with van der Waals surface area (Å²) in [5.74, 6) is 0.562. The highest BCUT2D eigenvalue weighted by Crippen LogP contribution is 2.34. The van der Waals surface area contributed by atoms with Gasteiger partial charge in [0.2, 0.25) is 5.91 Å². The second-order valence-electron chi connectivity index (χ2n) is 11.8. The third-order valence-corrected chi connectivity index (χ3v) is 8.02. The van der Waals surface area contributed by atoms with Crippen molar-refractivity contribution in [2.45, 2.75) is 12.8 Å². The fourth-order valence-electron chi connectivity index (χ4n) is 5.87. The number of nitrogens with one attached hydrogen (secondary N) is 3. The molecule has 0 radical (unpaired) electrons. The van der Waals surface area contributed by atoms with E-state index in [-0.39, 0.29) is 18.3 Å². The number of H-pyrrole nitrogens is 2. The van der Waals surface area contributed by atoms with E-state index in [1.807, 2.05) is 50.5 Å². The van der Waals surface area contributed by atoms with Crippen molar-refractivity contribution in [3.8, 4) is 39.7 Å². The Morgan fingerprint density at radius 2 is 1.91 bits per heavy atom. The number of likely N-dealkylation sites (N-methyl/N-ethyl adjacent to an activating group) is 1. The maximum absolute atomic E-state index is 14.8. The summed E-state index contributed by atoms with van der Waals surface area (Å²) >= 11 is 0. The highest BCUT2D eigenvalue weighted by molar-refractivity contribution is 5.98. The number of fused-ring (bicyclic) bond motifs is 2. The van der Waals surface area contributed by atoms with E-state index >= 15 is 0 Å². The molecule has 0 unspecified atom stereocenters. The van der Waals surface area contributed by atoms with Crippen LogP contribution < -0.4 is 10.1 Å². The first-order valence-corrected chi connectivity index (χ1v) is 15.3. The van der Waals surface area contributed by atoms with Gasteiger partial charge in [0.15, 0.2) is 5.82 Å². The topological polar surface area (TPSA) is 128 Å². The minimum atomic E-state index is -0.365. The second-order valence-corrected chi connectivity index (χ2v) is 11.8. The first-order valence-electron chi connectivity index (χ1n) is 15.3. The fraction of sp³-hybridized carbons (Fsp3) is 0.265. The summed E-state index contributed by atoms with van der Waals surface area (Å²) in [6, 6.07) is 14.3. The van der Waals surface area contributed by atoms with E-state index in [0.29, 0.717) is 46.3 Å². The zero-order chi connectivity index (χ0) is 31.6. The maximum atomic E-state index is 14.8. The van der Waals surface area contributed by atoms with Crippen molar-refractivity contribution in [3.05, 3.63) is 72.9 Å². The fourth-order valence-corrected chi connectivity index (χ4v) is 5.87. The molecule has 1 amide bonds. The molecule has 1 aliphatic rings. The van der Waals surface area contributed by atoms with Crippen LogP contribution >= 0.6 is 0 Å². The number of rotatable bonds is 10. The van der Waals surface area contributed by atoms with Crippen molar-refractivity contribution in [1.29, 1.82) is 0 Å². The molecule has 1 fully saturated rings. The van der Waals surface area contributed by atoms with Crippen molar-refractivity contribution in [2.75, 3.05) is 52.2 Å². The lowest BCUT2D eigenvalue weighted by Crippen LogP contribution is -2.27. The number of ether oxygens (including phenoxy) is 1. The van der Waals surface area contributed by atoms with Gasteiger partial charge in [-0.05, 0) is 75.9 Å². The summed E-state index contributed by atoms with van der Waals surface area (Å²) in [7, 11) is 3.67. The van der Waals surface area contributed by atoms with E-state index in [1.54, 1.807) is 23.5 Å². The molecule has 0 spiro atoms. The average molecular weight is 620 g/mol. The Hall–Kier alpha value is -5.20. The molecule has 234 valence electrons. The van der Waals surface area contributed by atoms with E-state index in [4.69, 9.17) is 9.72 Å². The van der Waals surface area contributed by atoms with E-state index in [2.05, 4.69) is 35.4 Å². The number of hydrogen-bond donors (Lipinski definition) is 3. The number of halogens is 1. The smallest absolute Gasteiger partial charge is 0.238 e. The zero-order valence-corrected chi connectivity index (χ0v) is 25.7. The monoisotopic (exact) mass is 619 g/mol. The van der Waals surface area contributed by atoms with Crippen LogP contribution in [0.4, 0.5) is 10.1 Å². The molecule has 6 aromatic rings. The maximum Gasteiger partial charge on any atom is 0.238 e. The summed E-state index contributed by atoms with van der Waals surface area (Å²) in [6.07, 6.45) is 7.45. The Kier molecular flexibility index (Phi) is 8.12. The molecule has 4 aromatic heterocycles. The number of imidazole rings is 1. The van der Waals surface area contributed by atoms with Gasteiger partial charge in [0, 0.05) is 35.3 Å². The molecule has 46 heavy (non-hydrogen) atoms. The molecule has 1 aliphatic heterocycles. The summed E-state index contributed by atoms with van der Waals surface area (Å²) in [5, 5.41) is 11.3. The number of anilines is 1. The molecule has 3 N–H and O–H groups in total. The first-order chi connectivity index (χ1) is 22.4. The highest BCUT2D eigenvalue weighted by atomic mass is 19.1. The molecular formula is C34H34FN9O2. The SMILES string of the molecule is CN(C)CC(=O)Nc1cncc(-c2cc3c(-c4nc5c(-c6cc(F)cc(OCCN7CCCC7)c6)cccc5[nH]4)n[nH]c3cn2)c1. The van der Waals surface area contributed by atoms with Crippen LogP contribution in [0.1, 0.15) is 12.8 Å². The minimum Gasteiger partial charge on any atom is -0.492 e. The zero-order valence-electron chi connectivity index (χ0n) is 25.7. The Bertz CT molecular complexity index is 2030. The van der Waals surface area contributed by atoms with Gasteiger partial charge >= 0.3 is 0 Å². The number of benzene rings is 2. The molecule has 11 nitrogen and oxygen atoms in total. The molecule has 1 saturated heterocycles. The number of pyridine rings is 2. The van der Waals surface area contributed by atoms with E-state index in [1.165, 1.54) is 25.0 Å². The largest absolute Gasteiger partial charge is 0.492 e. The third kappa shape index (κ3) is 6.30. The summed E-state index contributed by atoms with van der Waals surface area (Å²) < 4.78 is 20.8. The van der Waals surface area contributed by atoms with Crippen LogP contribution in [0.15, 0.2) is 67.1 Å². The highest BCUT2D eigenvalue weighted by Gasteiger charge is 2.18. The van der Waals surface area contributed by atoms with Gasteiger partial charge in [0.25, 0.3) is 0 Å². The number of aromatic amines is 2. The molecule has 7 rings (SSSR count). The number of carbonyl (C=O) groups is 1. The molecule has 12 heteroatoms. The molecular weight excluding hydrogens is 585 g/mol. The molecule has 5 heterocycles. The van der Waals surface area contributed by atoms with Crippen LogP contribution in [-0.2, 0) is 4.79 Å². The normalized spacial score (nSPS) is 13.7. The Morgan fingerprint density at radius 3 is 2.76 bits per heavy atom.